The number of amides is 2. The van der Waals surface area contributed by atoms with E-state index in [2.05, 4.69) is 12.7 Å². The Kier molecular flexibility index (Phi) is 13.2. The van der Waals surface area contributed by atoms with Crippen LogP contribution in [0.4, 0.5) is 0 Å². The fourth-order valence-electron chi connectivity index (χ4n) is 4.97. The highest BCUT2D eigenvalue weighted by molar-refractivity contribution is 6.22. The topological polar surface area (TPSA) is 94.5 Å². The molecule has 8 nitrogen and oxygen atoms in total. The number of imide groups is 1. The number of hydrogen-bond acceptors (Lipinski definition) is 7. The van der Waals surface area contributed by atoms with Crippen molar-refractivity contribution in [1.29, 1.82) is 0 Å². The van der Waals surface area contributed by atoms with Crippen molar-refractivity contribution in [2.45, 2.75) is 60.4 Å². The highest BCUT2D eigenvalue weighted by atomic mass is 16.5. The zero-order chi connectivity index (χ0) is 32.9. The van der Waals surface area contributed by atoms with Gasteiger partial charge < -0.3 is 19.0 Å². The molecule has 0 saturated heterocycles. The molecule has 0 radical (unpaired) electrons. The fourth-order valence-corrected chi connectivity index (χ4v) is 4.97. The maximum Gasteiger partial charge on any atom is 0.262 e. The smallest absolute Gasteiger partial charge is 0.262 e. The van der Waals surface area contributed by atoms with Crippen LogP contribution in [-0.4, -0.2) is 60.7 Å². The van der Waals surface area contributed by atoms with Crippen molar-refractivity contribution in [3.8, 4) is 11.5 Å². The molecule has 0 fully saturated rings. The Bertz CT molecular complexity index is 1510. The molecule has 0 spiro atoms. The van der Waals surface area contributed by atoms with Crippen LogP contribution in [-0.2, 0) is 9.53 Å². The Hall–Kier alpha value is -4.56. The molecule has 2 aromatic carbocycles. The number of nitrogens with zero attached hydrogens (tertiary/aromatic N) is 2. The largest absolute Gasteiger partial charge is 0.491 e. The van der Waals surface area contributed by atoms with E-state index in [0.717, 1.165) is 28.3 Å². The summed E-state index contributed by atoms with van der Waals surface area (Å²) >= 11 is 0. The van der Waals surface area contributed by atoms with Crippen LogP contribution in [0.2, 0.25) is 0 Å². The molecule has 1 unspecified atom stereocenters. The third-order valence-corrected chi connectivity index (χ3v) is 7.12. The standard InChI is InChI=1S/C37H44N2O6/c1-8-10-26(5)23-27(6)38-34(9-2)29-12-14-30(15-13-29)44-21-19-43-20-22-45-31-16-17-32-33(24-31)37(42)39(36(32)41)35(25(3)4)18-11-28(7)40/h8-10,12-17,23-24,35H,3,11,18-22H2,1-2,4-7H3/b10-8-,26-23-,34-9-,38-27+. The molecule has 1 aliphatic heterocycles. The number of hydrogen-bond donors (Lipinski definition) is 0. The van der Waals surface area contributed by atoms with Gasteiger partial charge in [0.25, 0.3) is 11.8 Å². The summed E-state index contributed by atoms with van der Waals surface area (Å²) in [6.45, 7) is 16.5. The van der Waals surface area contributed by atoms with E-state index in [1.165, 1.54) is 11.8 Å². The van der Waals surface area contributed by atoms with Crippen LogP contribution in [0.5, 0.6) is 11.5 Å². The van der Waals surface area contributed by atoms with Crippen LogP contribution in [0.25, 0.3) is 5.70 Å². The van der Waals surface area contributed by atoms with Gasteiger partial charge in [-0.1, -0.05) is 30.4 Å². The van der Waals surface area contributed by atoms with Crippen molar-refractivity contribution in [2.24, 2.45) is 4.99 Å². The van der Waals surface area contributed by atoms with Crippen LogP contribution < -0.4 is 9.47 Å². The highest BCUT2D eigenvalue weighted by Gasteiger charge is 2.40. The van der Waals surface area contributed by atoms with Crippen LogP contribution in [0, 0.1) is 0 Å². The van der Waals surface area contributed by atoms with E-state index in [1.54, 1.807) is 25.1 Å². The van der Waals surface area contributed by atoms with E-state index in [-0.39, 0.29) is 30.3 Å². The third kappa shape index (κ3) is 9.98. The highest BCUT2D eigenvalue weighted by Crippen LogP contribution is 2.31. The summed E-state index contributed by atoms with van der Waals surface area (Å²) in [5, 5.41) is 0. The molecule has 0 N–H and O–H groups in total. The maximum absolute atomic E-state index is 13.2. The third-order valence-electron chi connectivity index (χ3n) is 7.12. The lowest BCUT2D eigenvalue weighted by molar-refractivity contribution is -0.117. The lowest BCUT2D eigenvalue weighted by atomic mass is 10.0. The summed E-state index contributed by atoms with van der Waals surface area (Å²) in [5.41, 5.74) is 5.23. The minimum absolute atomic E-state index is 0.00405. The second-order valence-electron chi connectivity index (χ2n) is 10.9. The number of carbonyl (C=O) groups is 3. The lowest BCUT2D eigenvalue weighted by Crippen LogP contribution is -2.40. The molecule has 3 rings (SSSR count). The lowest BCUT2D eigenvalue weighted by Gasteiger charge is -2.26. The summed E-state index contributed by atoms with van der Waals surface area (Å²) in [6, 6.07) is 12.1. The number of allylic oxidation sites excluding steroid dienone is 5. The number of aliphatic imine (C=N–C) groups is 1. The quantitative estimate of drug-likeness (QED) is 0.0607. The average molecular weight is 613 g/mol. The van der Waals surface area contributed by atoms with E-state index >= 15 is 0 Å². The Labute approximate surface area is 266 Å². The van der Waals surface area contributed by atoms with Crippen molar-refractivity contribution in [2.75, 3.05) is 26.4 Å². The summed E-state index contributed by atoms with van der Waals surface area (Å²) in [5.74, 6) is 0.410. The van der Waals surface area contributed by atoms with Crippen molar-refractivity contribution >= 4 is 29.0 Å². The van der Waals surface area contributed by atoms with Gasteiger partial charge in [-0.2, -0.15) is 0 Å². The molecule has 2 amide bonds. The van der Waals surface area contributed by atoms with Gasteiger partial charge in [0.1, 0.15) is 30.5 Å². The van der Waals surface area contributed by atoms with Crippen LogP contribution in [0.15, 0.2) is 89.5 Å². The summed E-state index contributed by atoms with van der Waals surface area (Å²) in [4.78, 5) is 43.6. The van der Waals surface area contributed by atoms with Crippen molar-refractivity contribution < 1.29 is 28.6 Å². The first-order valence-corrected chi connectivity index (χ1v) is 15.2. The van der Waals surface area contributed by atoms with Gasteiger partial charge in [0.2, 0.25) is 0 Å². The van der Waals surface area contributed by atoms with E-state index in [0.29, 0.717) is 43.1 Å². The van der Waals surface area contributed by atoms with Gasteiger partial charge in [0, 0.05) is 17.7 Å². The van der Waals surface area contributed by atoms with Gasteiger partial charge in [0.05, 0.1) is 36.1 Å². The molecule has 2 aromatic rings. The monoisotopic (exact) mass is 612 g/mol. The van der Waals surface area contributed by atoms with Crippen molar-refractivity contribution in [3.63, 3.8) is 0 Å². The zero-order valence-corrected chi connectivity index (χ0v) is 27.2. The number of ketones is 1. The first kappa shape index (κ1) is 34.9. The molecule has 0 aliphatic carbocycles. The second-order valence-corrected chi connectivity index (χ2v) is 10.9. The summed E-state index contributed by atoms with van der Waals surface area (Å²) in [6.07, 6.45) is 8.71. The minimum Gasteiger partial charge on any atom is -0.491 e. The summed E-state index contributed by atoms with van der Waals surface area (Å²) < 4.78 is 17.2. The first-order valence-electron chi connectivity index (χ1n) is 15.2. The Morgan fingerprint density at radius 2 is 1.51 bits per heavy atom. The van der Waals surface area contributed by atoms with Gasteiger partial charge in [-0.05, 0) is 102 Å². The molecule has 0 saturated carbocycles. The van der Waals surface area contributed by atoms with Gasteiger partial charge in [-0.15, -0.1) is 0 Å². The maximum atomic E-state index is 13.2. The zero-order valence-electron chi connectivity index (χ0n) is 27.2. The van der Waals surface area contributed by atoms with Crippen LogP contribution in [0.1, 0.15) is 80.7 Å². The van der Waals surface area contributed by atoms with E-state index in [9.17, 15) is 14.4 Å². The normalized spacial score (nSPS) is 14.6. The average Bonchev–Trinajstić information content (AvgIpc) is 3.24. The molecule has 238 valence electrons. The van der Waals surface area contributed by atoms with Crippen molar-refractivity contribution in [3.05, 3.63) is 101 Å². The number of Topliss-reactive ketones (excluding diaryl/α,β-unsaturated/α-hetero) is 1. The number of fused-ring (bicyclic) bond motifs is 1. The number of ether oxygens (including phenoxy) is 3. The van der Waals surface area contributed by atoms with E-state index in [1.807, 2.05) is 70.2 Å². The van der Waals surface area contributed by atoms with Gasteiger partial charge in [-0.3, -0.25) is 19.5 Å². The number of rotatable bonds is 17. The number of carbonyl (C=O) groups excluding carboxylic acids is 3. The predicted octanol–water partition coefficient (Wildman–Crippen LogP) is 7.42. The Morgan fingerprint density at radius 1 is 0.889 bits per heavy atom. The molecule has 1 atom stereocenters. The van der Waals surface area contributed by atoms with Crippen LogP contribution in [0.3, 0.4) is 0 Å². The first-order chi connectivity index (χ1) is 21.5. The fraction of sp³-hybridized carbons (Fsp3) is 0.351. The molecular formula is C37H44N2O6. The van der Waals surface area contributed by atoms with E-state index < -0.39 is 11.9 Å². The Morgan fingerprint density at radius 3 is 2.11 bits per heavy atom. The van der Waals surface area contributed by atoms with Gasteiger partial charge >= 0.3 is 0 Å². The molecule has 45 heavy (non-hydrogen) atoms. The number of benzene rings is 2. The molecular weight excluding hydrogens is 568 g/mol. The molecule has 0 aromatic heterocycles. The van der Waals surface area contributed by atoms with Crippen molar-refractivity contribution in [1.82, 2.24) is 4.90 Å². The summed E-state index contributed by atoms with van der Waals surface area (Å²) in [7, 11) is 0. The molecule has 1 heterocycles. The van der Waals surface area contributed by atoms with Crippen LogP contribution >= 0.6 is 0 Å². The minimum atomic E-state index is -0.534. The molecule has 1 aliphatic rings. The second kappa shape index (κ2) is 17.1. The van der Waals surface area contributed by atoms with Gasteiger partial charge in [-0.25, -0.2) is 0 Å². The SMILES string of the molecule is C=C(C)C(CCC(C)=O)N1C(=O)c2ccc(OCCOCCOc3ccc(C(=C/C)/N=C(C)/C=C(C)\C=C/C)cc3)cc2C1=O. The molecule has 8 heteroatoms. The predicted molar refractivity (Wildman–Crippen MR) is 179 cm³/mol. The van der Waals surface area contributed by atoms with E-state index in [4.69, 9.17) is 19.2 Å². The molecule has 0 bridgehead atoms. The van der Waals surface area contributed by atoms with Gasteiger partial charge in [0.15, 0.2) is 0 Å². The Balaban J connectivity index is 1.44.